The quantitative estimate of drug-likeness (QED) is 0.316. The van der Waals surface area contributed by atoms with Gasteiger partial charge in [-0.15, -0.1) is 0 Å². The molecule has 7 heteroatoms. The van der Waals surface area contributed by atoms with Gasteiger partial charge in [-0.1, -0.05) is 43.7 Å². The number of aryl methyl sites for hydroxylation is 1. The van der Waals surface area contributed by atoms with E-state index in [4.69, 9.17) is 19.3 Å². The normalized spacial score (nSPS) is 12.3. The zero-order valence-electron chi connectivity index (χ0n) is 21.6. The van der Waals surface area contributed by atoms with Crippen LogP contribution in [0, 0.1) is 0 Å². The van der Waals surface area contributed by atoms with Crippen molar-refractivity contribution in [3.8, 4) is 28.6 Å². The summed E-state index contributed by atoms with van der Waals surface area (Å²) in [5.41, 5.74) is 2.87. The van der Waals surface area contributed by atoms with Crippen molar-refractivity contribution in [2.75, 3.05) is 26.9 Å². The van der Waals surface area contributed by atoms with Crippen LogP contribution in [0.3, 0.4) is 0 Å². The lowest BCUT2D eigenvalue weighted by Crippen LogP contribution is -2.39. The van der Waals surface area contributed by atoms with Gasteiger partial charge in [-0.25, -0.2) is 4.68 Å². The fraction of sp³-hybridized carbons (Fsp3) is 0.464. The van der Waals surface area contributed by atoms with Gasteiger partial charge in [-0.2, -0.15) is 5.10 Å². The summed E-state index contributed by atoms with van der Waals surface area (Å²) in [6.45, 7) is 8.47. The van der Waals surface area contributed by atoms with Crippen molar-refractivity contribution >= 4 is 0 Å². The molecule has 1 N–H and O–H groups in total. The predicted molar refractivity (Wildman–Crippen MR) is 139 cm³/mol. The van der Waals surface area contributed by atoms with Crippen LogP contribution in [0.25, 0.3) is 11.3 Å². The molecule has 0 aliphatic heterocycles. The van der Waals surface area contributed by atoms with Crippen LogP contribution < -0.4 is 9.47 Å². The maximum Gasteiger partial charge on any atom is 0.222 e. The SMILES string of the molecule is CCCCOC[C@H](O)CN(Cc1c(-c2ccccc2)nn(C)c1Oc1ccc(OC)cc1)C(C)C. The molecule has 2 aromatic carbocycles. The highest BCUT2D eigenvalue weighted by Crippen LogP contribution is 2.35. The van der Waals surface area contributed by atoms with E-state index in [-0.39, 0.29) is 6.04 Å². The molecule has 0 radical (unpaired) electrons. The monoisotopic (exact) mass is 481 g/mol. The van der Waals surface area contributed by atoms with Gasteiger partial charge in [-0.05, 0) is 44.5 Å². The molecule has 1 atom stereocenters. The molecular weight excluding hydrogens is 442 g/mol. The standard InChI is InChI=1S/C28H39N3O4/c1-6-7-17-34-20-23(32)18-31(21(2)3)19-26-27(22-11-9-8-10-12-22)29-30(4)28(26)35-25-15-13-24(33-5)14-16-25/h8-16,21,23,32H,6-7,17-20H2,1-5H3/t23-/m1/s1. The van der Waals surface area contributed by atoms with E-state index in [2.05, 4.69) is 37.8 Å². The molecule has 0 saturated carbocycles. The van der Waals surface area contributed by atoms with Gasteiger partial charge < -0.3 is 19.3 Å². The Bertz CT molecular complexity index is 1020. The molecule has 1 aromatic heterocycles. The molecule has 190 valence electrons. The molecule has 35 heavy (non-hydrogen) atoms. The predicted octanol–water partition coefficient (Wildman–Crippen LogP) is 5.28. The van der Waals surface area contributed by atoms with Crippen molar-refractivity contribution in [1.82, 2.24) is 14.7 Å². The largest absolute Gasteiger partial charge is 0.497 e. The van der Waals surface area contributed by atoms with Gasteiger partial charge in [0.05, 0.1) is 25.4 Å². The summed E-state index contributed by atoms with van der Waals surface area (Å²) in [4.78, 5) is 2.23. The second-order valence-corrected chi connectivity index (χ2v) is 9.01. The third-order valence-electron chi connectivity index (χ3n) is 5.90. The molecule has 7 nitrogen and oxygen atoms in total. The Hall–Kier alpha value is -2.87. The number of hydrogen-bond acceptors (Lipinski definition) is 6. The average molecular weight is 482 g/mol. The minimum atomic E-state index is -0.572. The minimum Gasteiger partial charge on any atom is -0.497 e. The van der Waals surface area contributed by atoms with Crippen LogP contribution in [0.5, 0.6) is 17.4 Å². The molecule has 0 saturated heterocycles. The second-order valence-electron chi connectivity index (χ2n) is 9.01. The van der Waals surface area contributed by atoms with E-state index in [1.165, 1.54) is 0 Å². The van der Waals surface area contributed by atoms with Crippen molar-refractivity contribution in [3.63, 3.8) is 0 Å². The summed E-state index contributed by atoms with van der Waals surface area (Å²) in [7, 11) is 3.54. The zero-order valence-corrected chi connectivity index (χ0v) is 21.6. The van der Waals surface area contributed by atoms with Gasteiger partial charge >= 0.3 is 0 Å². The fourth-order valence-corrected chi connectivity index (χ4v) is 3.86. The Labute approximate surface area is 209 Å². The van der Waals surface area contributed by atoms with E-state index in [1.54, 1.807) is 11.8 Å². The number of benzene rings is 2. The minimum absolute atomic E-state index is 0.206. The summed E-state index contributed by atoms with van der Waals surface area (Å²) < 4.78 is 19.1. The van der Waals surface area contributed by atoms with Crippen LogP contribution in [-0.2, 0) is 18.3 Å². The molecule has 3 rings (SSSR count). The maximum atomic E-state index is 10.7. The van der Waals surface area contributed by atoms with E-state index in [0.29, 0.717) is 37.9 Å². The number of rotatable bonds is 14. The topological polar surface area (TPSA) is 69.0 Å². The first-order valence-corrected chi connectivity index (χ1v) is 12.4. The molecule has 0 aliphatic rings. The molecule has 0 unspecified atom stereocenters. The lowest BCUT2D eigenvalue weighted by molar-refractivity contribution is 0.00848. The molecule has 3 aromatic rings. The first-order valence-electron chi connectivity index (χ1n) is 12.4. The van der Waals surface area contributed by atoms with Gasteiger partial charge in [0.15, 0.2) is 0 Å². The number of nitrogens with zero attached hydrogens (tertiary/aromatic N) is 3. The highest BCUT2D eigenvalue weighted by atomic mass is 16.5. The average Bonchev–Trinajstić information content (AvgIpc) is 3.17. The number of ether oxygens (including phenoxy) is 3. The molecule has 0 fully saturated rings. The van der Waals surface area contributed by atoms with Crippen molar-refractivity contribution < 1.29 is 19.3 Å². The second kappa shape index (κ2) is 13.3. The molecule has 0 amide bonds. The zero-order chi connectivity index (χ0) is 25.2. The van der Waals surface area contributed by atoms with Crippen molar-refractivity contribution in [2.24, 2.45) is 7.05 Å². The van der Waals surface area contributed by atoms with Gasteiger partial charge in [0, 0.05) is 38.3 Å². The Morgan fingerprint density at radius 3 is 2.34 bits per heavy atom. The summed E-state index contributed by atoms with van der Waals surface area (Å²) >= 11 is 0. The molecule has 1 heterocycles. The maximum absolute atomic E-state index is 10.7. The van der Waals surface area contributed by atoms with E-state index >= 15 is 0 Å². The number of aliphatic hydroxyl groups excluding tert-OH is 1. The third kappa shape index (κ3) is 7.56. The summed E-state index contributed by atoms with van der Waals surface area (Å²) in [6, 6.07) is 17.8. The lowest BCUT2D eigenvalue weighted by atomic mass is 10.1. The molecule has 0 aliphatic carbocycles. The third-order valence-corrected chi connectivity index (χ3v) is 5.90. The first-order chi connectivity index (χ1) is 16.9. The molecule has 0 bridgehead atoms. The Kier molecular flexibility index (Phi) is 10.1. The lowest BCUT2D eigenvalue weighted by Gasteiger charge is -2.29. The van der Waals surface area contributed by atoms with Crippen LogP contribution in [0.2, 0.25) is 0 Å². The number of hydrogen-bond donors (Lipinski definition) is 1. The summed E-state index contributed by atoms with van der Waals surface area (Å²) in [5.74, 6) is 2.15. The Balaban J connectivity index is 1.89. The Morgan fingerprint density at radius 2 is 1.71 bits per heavy atom. The number of aromatic nitrogens is 2. The van der Waals surface area contributed by atoms with E-state index in [1.807, 2.05) is 49.5 Å². The van der Waals surface area contributed by atoms with E-state index in [9.17, 15) is 5.11 Å². The van der Waals surface area contributed by atoms with Crippen molar-refractivity contribution in [3.05, 3.63) is 60.2 Å². The van der Waals surface area contributed by atoms with Crippen LogP contribution in [0.4, 0.5) is 0 Å². The van der Waals surface area contributed by atoms with Gasteiger partial charge in [0.2, 0.25) is 5.88 Å². The molecule has 0 spiro atoms. The van der Waals surface area contributed by atoms with Gasteiger partial charge in [-0.3, -0.25) is 4.90 Å². The van der Waals surface area contributed by atoms with Crippen molar-refractivity contribution in [1.29, 1.82) is 0 Å². The van der Waals surface area contributed by atoms with Gasteiger partial charge in [0.1, 0.15) is 17.2 Å². The van der Waals surface area contributed by atoms with Crippen molar-refractivity contribution in [2.45, 2.75) is 52.3 Å². The smallest absolute Gasteiger partial charge is 0.222 e. The summed E-state index contributed by atoms with van der Waals surface area (Å²) in [5, 5.41) is 15.5. The van der Waals surface area contributed by atoms with Crippen LogP contribution in [-0.4, -0.2) is 58.8 Å². The number of aliphatic hydroxyl groups is 1. The van der Waals surface area contributed by atoms with Crippen LogP contribution >= 0.6 is 0 Å². The van der Waals surface area contributed by atoms with E-state index in [0.717, 1.165) is 35.4 Å². The number of unbranched alkanes of at least 4 members (excludes halogenated alkanes) is 1. The first kappa shape index (κ1) is 26.7. The highest BCUT2D eigenvalue weighted by molar-refractivity contribution is 5.65. The van der Waals surface area contributed by atoms with Crippen LogP contribution in [0.15, 0.2) is 54.6 Å². The highest BCUT2D eigenvalue weighted by Gasteiger charge is 2.24. The summed E-state index contributed by atoms with van der Waals surface area (Å²) in [6.07, 6.45) is 1.51. The number of methoxy groups -OCH3 is 1. The fourth-order valence-electron chi connectivity index (χ4n) is 3.86. The van der Waals surface area contributed by atoms with Gasteiger partial charge in [0.25, 0.3) is 0 Å². The Morgan fingerprint density at radius 1 is 1.03 bits per heavy atom. The molecular formula is C28H39N3O4. The van der Waals surface area contributed by atoms with E-state index < -0.39 is 6.10 Å². The van der Waals surface area contributed by atoms with Crippen LogP contribution in [0.1, 0.15) is 39.2 Å².